The molecule has 6 nitrogen and oxygen atoms in total. The van der Waals surface area contributed by atoms with Crippen molar-refractivity contribution in [3.8, 4) is 0 Å². The average Bonchev–Trinajstić information content (AvgIpc) is 2.96. The van der Waals surface area contributed by atoms with Crippen molar-refractivity contribution in [3.63, 3.8) is 0 Å². The summed E-state index contributed by atoms with van der Waals surface area (Å²) in [5, 5.41) is 0. The van der Waals surface area contributed by atoms with E-state index >= 15 is 0 Å². The zero-order valence-corrected chi connectivity index (χ0v) is 16.0. The van der Waals surface area contributed by atoms with Gasteiger partial charge in [0, 0.05) is 17.7 Å². The van der Waals surface area contributed by atoms with Gasteiger partial charge in [0.2, 0.25) is 0 Å². The van der Waals surface area contributed by atoms with E-state index in [1.807, 2.05) is 0 Å². The number of esters is 1. The summed E-state index contributed by atoms with van der Waals surface area (Å²) >= 11 is 0. The first-order chi connectivity index (χ1) is 13.1. The number of likely N-dealkylation sites (N-methyl/N-ethyl adjacent to an activating group) is 1. The predicted octanol–water partition coefficient (Wildman–Crippen LogP) is 2.93. The molecule has 0 N–H and O–H groups in total. The lowest BCUT2D eigenvalue weighted by molar-refractivity contribution is -0.120. The maximum Gasteiger partial charge on any atom is 0.338 e. The Morgan fingerprint density at radius 2 is 1.56 bits per heavy atom. The van der Waals surface area contributed by atoms with Crippen molar-refractivity contribution in [1.82, 2.24) is 4.90 Å². The molecule has 0 radical (unpaired) electrons. The van der Waals surface area contributed by atoms with Crippen LogP contribution < -0.4 is 4.90 Å². The molecule has 0 atom stereocenters. The molecule has 0 unspecified atom stereocenters. The summed E-state index contributed by atoms with van der Waals surface area (Å²) in [5.74, 6) is -0.835. The fourth-order valence-electron chi connectivity index (χ4n) is 3.61. The van der Waals surface area contributed by atoms with Gasteiger partial charge >= 0.3 is 5.97 Å². The summed E-state index contributed by atoms with van der Waals surface area (Å²) in [7, 11) is 0. The summed E-state index contributed by atoms with van der Waals surface area (Å²) in [5.41, 5.74) is 2.23. The molecule has 144 valence electrons. The van der Waals surface area contributed by atoms with Crippen molar-refractivity contribution in [2.24, 2.45) is 0 Å². The number of hydrogen-bond acceptors (Lipinski definition) is 5. The molecule has 1 aliphatic heterocycles. The molecule has 2 amide bonds. The molecule has 2 aliphatic rings. The zero-order valence-electron chi connectivity index (χ0n) is 16.0. The molecule has 1 heterocycles. The van der Waals surface area contributed by atoms with Crippen LogP contribution in [0.4, 0.5) is 5.69 Å². The van der Waals surface area contributed by atoms with Gasteiger partial charge in [-0.25, -0.2) is 9.69 Å². The Labute approximate surface area is 159 Å². The Bertz CT molecular complexity index is 735. The number of amides is 2. The number of carbonyl (C=O) groups is 3. The molecule has 0 fully saturated rings. The summed E-state index contributed by atoms with van der Waals surface area (Å²) in [6, 6.07) is 6.48. The van der Waals surface area contributed by atoms with Crippen LogP contribution in [0.2, 0.25) is 0 Å². The molecule has 1 aromatic carbocycles. The standard InChI is InChI=1S/C21H26N2O4/c1-3-22(4-2)13-14-27-21(26)15-9-11-16(12-10-15)23-19(24)17-7-5-6-8-18(17)20(23)25/h9-12H,3-8,13-14H2,1-2H3. The second-order valence-electron chi connectivity index (χ2n) is 6.82. The minimum absolute atomic E-state index is 0.218. The first-order valence-corrected chi connectivity index (χ1v) is 9.67. The van der Waals surface area contributed by atoms with Gasteiger partial charge in [0.15, 0.2) is 0 Å². The third kappa shape index (κ3) is 3.95. The molecule has 0 saturated carbocycles. The van der Waals surface area contributed by atoms with Crippen LogP contribution in [-0.2, 0) is 14.3 Å². The third-order valence-electron chi connectivity index (χ3n) is 5.29. The van der Waals surface area contributed by atoms with Crippen LogP contribution >= 0.6 is 0 Å². The van der Waals surface area contributed by atoms with E-state index in [4.69, 9.17) is 4.74 Å². The van der Waals surface area contributed by atoms with Crippen LogP contribution in [0.3, 0.4) is 0 Å². The first-order valence-electron chi connectivity index (χ1n) is 9.67. The van der Waals surface area contributed by atoms with E-state index in [1.54, 1.807) is 24.3 Å². The number of hydrogen-bond donors (Lipinski definition) is 0. The molecule has 3 rings (SSSR count). The van der Waals surface area contributed by atoms with Gasteiger partial charge in [-0.2, -0.15) is 0 Å². The van der Waals surface area contributed by atoms with Gasteiger partial charge in [0.25, 0.3) is 11.8 Å². The largest absolute Gasteiger partial charge is 0.461 e. The molecule has 1 aliphatic carbocycles. The minimum atomic E-state index is -0.398. The topological polar surface area (TPSA) is 66.9 Å². The number of rotatable bonds is 7. The van der Waals surface area contributed by atoms with Crippen LogP contribution in [0, 0.1) is 0 Å². The SMILES string of the molecule is CCN(CC)CCOC(=O)c1ccc(N2C(=O)C3=C(CCCC3)C2=O)cc1. The highest BCUT2D eigenvalue weighted by molar-refractivity contribution is 6.33. The van der Waals surface area contributed by atoms with Crippen molar-refractivity contribution in [1.29, 1.82) is 0 Å². The predicted molar refractivity (Wildman–Crippen MR) is 102 cm³/mol. The van der Waals surface area contributed by atoms with Crippen LogP contribution in [-0.4, -0.2) is 48.9 Å². The Morgan fingerprint density at radius 1 is 1.00 bits per heavy atom. The van der Waals surface area contributed by atoms with Crippen molar-refractivity contribution in [3.05, 3.63) is 41.0 Å². The van der Waals surface area contributed by atoms with Crippen molar-refractivity contribution < 1.29 is 19.1 Å². The third-order valence-corrected chi connectivity index (χ3v) is 5.29. The van der Waals surface area contributed by atoms with Gasteiger partial charge in [-0.05, 0) is 63.0 Å². The first kappa shape index (κ1) is 19.3. The van der Waals surface area contributed by atoms with Crippen LogP contribution in [0.15, 0.2) is 35.4 Å². The Balaban J connectivity index is 1.63. The van der Waals surface area contributed by atoms with Gasteiger partial charge in [-0.3, -0.25) is 9.59 Å². The van der Waals surface area contributed by atoms with Gasteiger partial charge in [0.1, 0.15) is 6.61 Å². The highest BCUT2D eigenvalue weighted by Gasteiger charge is 2.39. The molecule has 0 aromatic heterocycles. The second-order valence-corrected chi connectivity index (χ2v) is 6.82. The highest BCUT2D eigenvalue weighted by atomic mass is 16.5. The molecule has 27 heavy (non-hydrogen) atoms. The second kappa shape index (κ2) is 8.48. The number of ether oxygens (including phenoxy) is 1. The number of anilines is 1. The molecule has 6 heteroatoms. The Hall–Kier alpha value is -2.47. The lowest BCUT2D eigenvalue weighted by atomic mass is 9.93. The number of nitrogens with zero attached hydrogens (tertiary/aromatic N) is 2. The highest BCUT2D eigenvalue weighted by Crippen LogP contribution is 2.35. The van der Waals surface area contributed by atoms with Crippen LogP contribution in [0.5, 0.6) is 0 Å². The van der Waals surface area contributed by atoms with E-state index in [-0.39, 0.29) is 11.8 Å². The lowest BCUT2D eigenvalue weighted by Gasteiger charge is -2.18. The monoisotopic (exact) mass is 370 g/mol. The molecular weight excluding hydrogens is 344 g/mol. The molecule has 0 saturated heterocycles. The maximum absolute atomic E-state index is 12.6. The molecule has 0 spiro atoms. The van der Waals surface area contributed by atoms with Crippen molar-refractivity contribution in [2.45, 2.75) is 39.5 Å². The van der Waals surface area contributed by atoms with E-state index < -0.39 is 5.97 Å². The van der Waals surface area contributed by atoms with Crippen molar-refractivity contribution >= 4 is 23.5 Å². The normalized spacial score (nSPS) is 16.9. The number of imide groups is 1. The van der Waals surface area contributed by atoms with Gasteiger partial charge < -0.3 is 9.64 Å². The minimum Gasteiger partial charge on any atom is -0.461 e. The van der Waals surface area contributed by atoms with Gasteiger partial charge in [-0.1, -0.05) is 13.8 Å². The van der Waals surface area contributed by atoms with Gasteiger partial charge in [-0.15, -0.1) is 0 Å². The maximum atomic E-state index is 12.6. The summed E-state index contributed by atoms with van der Waals surface area (Å²) < 4.78 is 5.31. The zero-order chi connectivity index (χ0) is 19.4. The lowest BCUT2D eigenvalue weighted by Crippen LogP contribution is -2.31. The Morgan fingerprint density at radius 3 is 2.07 bits per heavy atom. The Kier molecular flexibility index (Phi) is 6.06. The van der Waals surface area contributed by atoms with E-state index in [0.29, 0.717) is 48.4 Å². The summed E-state index contributed by atoms with van der Waals surface area (Å²) in [6.45, 7) is 7.00. The molecule has 0 bridgehead atoms. The quantitative estimate of drug-likeness (QED) is 0.545. The average molecular weight is 370 g/mol. The molecular formula is C21H26N2O4. The smallest absolute Gasteiger partial charge is 0.338 e. The van der Waals surface area contributed by atoms with Crippen molar-refractivity contribution in [2.75, 3.05) is 31.1 Å². The van der Waals surface area contributed by atoms with Gasteiger partial charge in [0.05, 0.1) is 11.3 Å². The van der Waals surface area contributed by atoms with E-state index in [9.17, 15) is 14.4 Å². The fraction of sp³-hybridized carbons (Fsp3) is 0.476. The summed E-state index contributed by atoms with van der Waals surface area (Å²) in [6.07, 6.45) is 3.24. The number of benzene rings is 1. The van der Waals surface area contributed by atoms with Crippen LogP contribution in [0.1, 0.15) is 49.9 Å². The van der Waals surface area contributed by atoms with E-state index in [0.717, 1.165) is 25.9 Å². The molecule has 1 aromatic rings. The van der Waals surface area contributed by atoms with Crippen LogP contribution in [0.25, 0.3) is 0 Å². The number of carbonyl (C=O) groups excluding carboxylic acids is 3. The fourth-order valence-corrected chi connectivity index (χ4v) is 3.61. The van der Waals surface area contributed by atoms with E-state index in [2.05, 4.69) is 18.7 Å². The van der Waals surface area contributed by atoms with E-state index in [1.165, 1.54) is 4.90 Å². The summed E-state index contributed by atoms with van der Waals surface area (Å²) in [4.78, 5) is 40.7.